The van der Waals surface area contributed by atoms with Crippen molar-refractivity contribution in [1.29, 1.82) is 0 Å². The van der Waals surface area contributed by atoms with Crippen LogP contribution in [-0.2, 0) is 11.2 Å². The van der Waals surface area contributed by atoms with Crippen molar-refractivity contribution in [2.75, 3.05) is 13.2 Å². The van der Waals surface area contributed by atoms with Crippen LogP contribution in [0.5, 0.6) is 11.5 Å². The summed E-state index contributed by atoms with van der Waals surface area (Å²) in [5.74, 6) is 0.256. The molecule has 1 aromatic heterocycles. The molecule has 0 aliphatic carbocycles. The molecule has 0 spiro atoms. The Balaban J connectivity index is 1.95. The van der Waals surface area contributed by atoms with Crippen LogP contribution in [-0.4, -0.2) is 29.3 Å². The molecule has 6 nitrogen and oxygen atoms in total. The summed E-state index contributed by atoms with van der Waals surface area (Å²) in [5.41, 5.74) is 5.77. The van der Waals surface area contributed by atoms with Crippen molar-refractivity contribution in [3.63, 3.8) is 0 Å². The summed E-state index contributed by atoms with van der Waals surface area (Å²) in [6.45, 7) is 6.77. The number of aromatic nitrogens is 1. The van der Waals surface area contributed by atoms with Gasteiger partial charge in [0, 0.05) is 10.8 Å². The SMILES string of the molecule is Cc1ccc(-c2c(CC(=O)O)c(C)c3[nH]c(=O)c4cc5c(cc4c3c2C)OCCO5)cc1. The van der Waals surface area contributed by atoms with E-state index in [1.807, 2.05) is 51.1 Å². The fourth-order valence-electron chi connectivity index (χ4n) is 4.71. The number of aryl methyl sites for hydroxylation is 3. The number of hydrogen-bond donors (Lipinski definition) is 2. The molecule has 162 valence electrons. The van der Waals surface area contributed by atoms with Gasteiger partial charge in [-0.05, 0) is 60.7 Å². The average Bonchev–Trinajstić information content (AvgIpc) is 2.77. The van der Waals surface area contributed by atoms with Crippen LogP contribution in [0.4, 0.5) is 0 Å². The first-order valence-electron chi connectivity index (χ1n) is 10.6. The van der Waals surface area contributed by atoms with Gasteiger partial charge in [-0.1, -0.05) is 29.8 Å². The number of rotatable bonds is 3. The highest BCUT2D eigenvalue weighted by molar-refractivity contribution is 6.11. The smallest absolute Gasteiger partial charge is 0.307 e. The van der Waals surface area contributed by atoms with Crippen molar-refractivity contribution < 1.29 is 19.4 Å². The number of carbonyl (C=O) groups is 1. The Morgan fingerprint density at radius 2 is 1.59 bits per heavy atom. The Bertz CT molecular complexity index is 1460. The molecule has 32 heavy (non-hydrogen) atoms. The van der Waals surface area contributed by atoms with Crippen LogP contribution in [0.25, 0.3) is 32.8 Å². The van der Waals surface area contributed by atoms with E-state index in [9.17, 15) is 14.7 Å². The third-order valence-corrected chi connectivity index (χ3v) is 6.23. The summed E-state index contributed by atoms with van der Waals surface area (Å²) in [6.07, 6.45) is -0.132. The molecule has 0 atom stereocenters. The third kappa shape index (κ3) is 3.11. The summed E-state index contributed by atoms with van der Waals surface area (Å²) in [6, 6.07) is 11.7. The Kier molecular flexibility index (Phi) is 4.66. The number of fused-ring (bicyclic) bond motifs is 4. The molecule has 2 N–H and O–H groups in total. The first-order valence-corrected chi connectivity index (χ1v) is 10.6. The van der Waals surface area contributed by atoms with Gasteiger partial charge in [0.1, 0.15) is 13.2 Å². The number of ether oxygens (including phenoxy) is 2. The second-order valence-corrected chi connectivity index (χ2v) is 8.29. The molecule has 1 aliphatic rings. The average molecular weight is 429 g/mol. The Labute approximate surface area is 184 Å². The van der Waals surface area contributed by atoms with E-state index in [-0.39, 0.29) is 12.0 Å². The summed E-state index contributed by atoms with van der Waals surface area (Å²) in [7, 11) is 0. The molecule has 5 rings (SSSR count). The van der Waals surface area contributed by atoms with Crippen molar-refractivity contribution in [1.82, 2.24) is 4.98 Å². The first kappa shape index (κ1) is 20.1. The normalized spacial score (nSPS) is 13.0. The van der Waals surface area contributed by atoms with Crippen molar-refractivity contribution in [3.05, 3.63) is 69.0 Å². The minimum Gasteiger partial charge on any atom is -0.486 e. The molecule has 6 heteroatoms. The van der Waals surface area contributed by atoms with E-state index in [0.717, 1.165) is 38.6 Å². The second kappa shape index (κ2) is 7.41. The Morgan fingerprint density at radius 3 is 2.22 bits per heavy atom. The molecular formula is C26H23NO5. The maximum atomic E-state index is 13.0. The third-order valence-electron chi connectivity index (χ3n) is 6.23. The zero-order valence-electron chi connectivity index (χ0n) is 18.2. The Morgan fingerprint density at radius 1 is 0.969 bits per heavy atom. The molecule has 4 aromatic rings. The number of benzene rings is 3. The molecule has 0 saturated heterocycles. The number of aliphatic carboxylic acids is 1. The van der Waals surface area contributed by atoms with Gasteiger partial charge in [-0.15, -0.1) is 0 Å². The fraction of sp³-hybridized carbons (Fsp3) is 0.231. The lowest BCUT2D eigenvalue weighted by Crippen LogP contribution is -2.17. The van der Waals surface area contributed by atoms with Crippen molar-refractivity contribution in [3.8, 4) is 22.6 Å². The van der Waals surface area contributed by atoms with E-state index in [0.29, 0.717) is 41.2 Å². The molecule has 0 amide bonds. The number of H-pyrrole nitrogens is 1. The van der Waals surface area contributed by atoms with E-state index in [2.05, 4.69) is 4.98 Å². The fourth-order valence-corrected chi connectivity index (χ4v) is 4.71. The molecule has 2 heterocycles. The molecule has 0 fully saturated rings. The lowest BCUT2D eigenvalue weighted by atomic mass is 9.85. The highest BCUT2D eigenvalue weighted by Gasteiger charge is 2.23. The van der Waals surface area contributed by atoms with Gasteiger partial charge in [0.25, 0.3) is 5.56 Å². The van der Waals surface area contributed by atoms with Crippen LogP contribution in [0.15, 0.2) is 41.2 Å². The van der Waals surface area contributed by atoms with E-state index in [1.165, 1.54) is 0 Å². The quantitative estimate of drug-likeness (QED) is 0.462. The Hall–Kier alpha value is -3.80. The maximum Gasteiger partial charge on any atom is 0.307 e. The molecule has 3 aromatic carbocycles. The van der Waals surface area contributed by atoms with Crippen LogP contribution in [0, 0.1) is 20.8 Å². The minimum atomic E-state index is -0.914. The highest BCUT2D eigenvalue weighted by atomic mass is 16.6. The lowest BCUT2D eigenvalue weighted by Gasteiger charge is -2.22. The monoisotopic (exact) mass is 429 g/mol. The van der Waals surface area contributed by atoms with Gasteiger partial charge in [-0.3, -0.25) is 9.59 Å². The molecule has 1 aliphatic heterocycles. The molecule has 0 bridgehead atoms. The first-order chi connectivity index (χ1) is 15.3. The van der Waals surface area contributed by atoms with Crippen LogP contribution >= 0.6 is 0 Å². The van der Waals surface area contributed by atoms with Gasteiger partial charge in [0.2, 0.25) is 0 Å². The molecule has 0 saturated carbocycles. The van der Waals surface area contributed by atoms with Gasteiger partial charge < -0.3 is 19.6 Å². The van der Waals surface area contributed by atoms with E-state index in [1.54, 1.807) is 6.07 Å². The van der Waals surface area contributed by atoms with E-state index in [4.69, 9.17) is 9.47 Å². The number of pyridine rings is 1. The van der Waals surface area contributed by atoms with Gasteiger partial charge >= 0.3 is 5.97 Å². The molecule has 0 radical (unpaired) electrons. The summed E-state index contributed by atoms with van der Waals surface area (Å²) < 4.78 is 11.5. The van der Waals surface area contributed by atoms with E-state index >= 15 is 0 Å². The second-order valence-electron chi connectivity index (χ2n) is 8.29. The van der Waals surface area contributed by atoms with E-state index < -0.39 is 5.97 Å². The van der Waals surface area contributed by atoms with Crippen LogP contribution < -0.4 is 15.0 Å². The van der Waals surface area contributed by atoms with Crippen LogP contribution in [0.2, 0.25) is 0 Å². The van der Waals surface area contributed by atoms with Gasteiger partial charge in [0.05, 0.1) is 17.3 Å². The van der Waals surface area contributed by atoms with Crippen LogP contribution in [0.3, 0.4) is 0 Å². The van der Waals surface area contributed by atoms with Crippen molar-refractivity contribution in [2.45, 2.75) is 27.2 Å². The molecular weight excluding hydrogens is 406 g/mol. The predicted molar refractivity (Wildman–Crippen MR) is 124 cm³/mol. The standard InChI is InChI=1S/C26H23NO5/c1-13-4-6-16(7-5-13)23-15(3)24-18-10-20-21(32-9-8-31-20)11-19(18)26(30)27-25(24)14(2)17(23)12-22(28)29/h4-7,10-11H,8-9,12H2,1-3H3,(H,27,30)(H,28,29). The highest BCUT2D eigenvalue weighted by Crippen LogP contribution is 2.41. The van der Waals surface area contributed by atoms with Gasteiger partial charge in [0.15, 0.2) is 11.5 Å². The predicted octanol–water partition coefficient (Wildman–Crippen LogP) is 4.67. The van der Waals surface area contributed by atoms with Crippen molar-refractivity contribution in [2.24, 2.45) is 0 Å². The zero-order valence-corrected chi connectivity index (χ0v) is 18.2. The number of nitrogens with one attached hydrogen (secondary N) is 1. The largest absolute Gasteiger partial charge is 0.486 e. The summed E-state index contributed by atoms with van der Waals surface area (Å²) in [4.78, 5) is 27.7. The number of carboxylic acid groups (broad SMARTS) is 1. The number of carboxylic acids is 1. The van der Waals surface area contributed by atoms with Gasteiger partial charge in [-0.25, -0.2) is 0 Å². The maximum absolute atomic E-state index is 13.0. The minimum absolute atomic E-state index is 0.132. The number of aromatic amines is 1. The van der Waals surface area contributed by atoms with Gasteiger partial charge in [-0.2, -0.15) is 0 Å². The number of hydrogen-bond acceptors (Lipinski definition) is 4. The summed E-state index contributed by atoms with van der Waals surface area (Å²) >= 11 is 0. The topological polar surface area (TPSA) is 88.6 Å². The van der Waals surface area contributed by atoms with Crippen molar-refractivity contribution >= 4 is 27.6 Å². The lowest BCUT2D eigenvalue weighted by molar-refractivity contribution is -0.136. The zero-order chi connectivity index (χ0) is 22.6. The summed E-state index contributed by atoms with van der Waals surface area (Å²) in [5, 5.41) is 11.8. The molecule has 0 unspecified atom stereocenters. The van der Waals surface area contributed by atoms with Crippen LogP contribution in [0.1, 0.15) is 22.3 Å².